The molecule has 0 unspecified atom stereocenters. The van der Waals surface area contributed by atoms with Crippen LogP contribution in [0.5, 0.6) is 0 Å². The SMILES string of the molecule is CCOC(=O)c1cc(C(=O)c2cccc(F)c2)n2ccc(C(=O)NCc3ccccn3)cc12. The fourth-order valence-corrected chi connectivity index (χ4v) is 3.44. The molecule has 1 aromatic carbocycles. The summed E-state index contributed by atoms with van der Waals surface area (Å²) in [4.78, 5) is 42.5. The first-order chi connectivity index (χ1) is 16.0. The molecule has 0 bridgehead atoms. The number of esters is 1. The van der Waals surface area contributed by atoms with E-state index in [9.17, 15) is 18.8 Å². The van der Waals surface area contributed by atoms with Gasteiger partial charge in [0.1, 0.15) is 5.82 Å². The van der Waals surface area contributed by atoms with Gasteiger partial charge in [-0.2, -0.15) is 0 Å². The first kappa shape index (κ1) is 21.9. The van der Waals surface area contributed by atoms with Crippen molar-refractivity contribution in [3.63, 3.8) is 0 Å². The summed E-state index contributed by atoms with van der Waals surface area (Å²) in [6, 6.07) is 15.2. The minimum atomic E-state index is -0.626. The maximum atomic E-state index is 13.6. The number of nitrogens with zero attached hydrogens (tertiary/aromatic N) is 2. The van der Waals surface area contributed by atoms with E-state index in [1.807, 2.05) is 6.07 Å². The lowest BCUT2D eigenvalue weighted by Gasteiger charge is -2.08. The summed E-state index contributed by atoms with van der Waals surface area (Å²) in [6.07, 6.45) is 3.16. The van der Waals surface area contributed by atoms with Crippen molar-refractivity contribution in [3.05, 3.63) is 107 Å². The summed E-state index contributed by atoms with van der Waals surface area (Å²) >= 11 is 0. The van der Waals surface area contributed by atoms with Gasteiger partial charge in [-0.3, -0.25) is 14.6 Å². The van der Waals surface area contributed by atoms with E-state index in [-0.39, 0.29) is 35.9 Å². The molecule has 166 valence electrons. The fraction of sp³-hybridized carbons (Fsp3) is 0.120. The van der Waals surface area contributed by atoms with Crippen LogP contribution in [-0.4, -0.2) is 33.7 Å². The zero-order valence-corrected chi connectivity index (χ0v) is 17.7. The van der Waals surface area contributed by atoms with E-state index in [1.165, 1.54) is 47.0 Å². The summed E-state index contributed by atoms with van der Waals surface area (Å²) in [5.41, 5.74) is 1.76. The van der Waals surface area contributed by atoms with Gasteiger partial charge in [-0.15, -0.1) is 0 Å². The Morgan fingerprint density at radius 1 is 1.03 bits per heavy atom. The van der Waals surface area contributed by atoms with Gasteiger partial charge in [-0.25, -0.2) is 9.18 Å². The molecular weight excluding hydrogens is 425 g/mol. The summed E-state index contributed by atoms with van der Waals surface area (Å²) in [6.45, 7) is 2.05. The molecule has 0 fully saturated rings. The Labute approximate surface area is 188 Å². The van der Waals surface area contributed by atoms with Gasteiger partial charge in [0.05, 0.1) is 35.6 Å². The number of amides is 1. The van der Waals surface area contributed by atoms with E-state index in [0.717, 1.165) is 6.07 Å². The Kier molecular flexibility index (Phi) is 6.26. The van der Waals surface area contributed by atoms with Crippen molar-refractivity contribution >= 4 is 23.2 Å². The van der Waals surface area contributed by atoms with Crippen molar-refractivity contribution in [2.45, 2.75) is 13.5 Å². The van der Waals surface area contributed by atoms with E-state index < -0.39 is 17.6 Å². The van der Waals surface area contributed by atoms with E-state index in [1.54, 1.807) is 25.3 Å². The second-order valence-electron chi connectivity index (χ2n) is 7.18. The van der Waals surface area contributed by atoms with Gasteiger partial charge in [0.25, 0.3) is 5.91 Å². The molecule has 0 saturated carbocycles. The van der Waals surface area contributed by atoms with Crippen molar-refractivity contribution in [1.82, 2.24) is 14.7 Å². The third kappa shape index (κ3) is 4.64. The Morgan fingerprint density at radius 3 is 2.61 bits per heavy atom. The number of halogens is 1. The molecule has 0 radical (unpaired) electrons. The standard InChI is InChI=1S/C25H20FN3O4/c1-2-33-25(32)20-14-22(23(30)16-6-5-7-18(26)12-16)29-11-9-17(13-21(20)29)24(31)28-15-19-8-3-4-10-27-19/h3-14H,2,15H2,1H3,(H,28,31). The van der Waals surface area contributed by atoms with Crippen LogP contribution in [0.1, 0.15) is 49.4 Å². The molecule has 0 aliphatic heterocycles. The molecule has 0 aliphatic rings. The molecular formula is C25H20FN3O4. The van der Waals surface area contributed by atoms with Crippen LogP contribution in [0.25, 0.3) is 5.52 Å². The third-order valence-corrected chi connectivity index (χ3v) is 5.00. The number of nitrogens with one attached hydrogen (secondary N) is 1. The summed E-state index contributed by atoms with van der Waals surface area (Å²) in [7, 11) is 0. The molecule has 4 aromatic rings. The Hall–Kier alpha value is -4.33. The second-order valence-corrected chi connectivity index (χ2v) is 7.18. The molecule has 3 aromatic heterocycles. The van der Waals surface area contributed by atoms with Gasteiger partial charge in [0.15, 0.2) is 0 Å². The van der Waals surface area contributed by atoms with Crippen LogP contribution in [0.15, 0.2) is 73.1 Å². The largest absolute Gasteiger partial charge is 0.462 e. The van der Waals surface area contributed by atoms with Crippen molar-refractivity contribution in [2.75, 3.05) is 6.61 Å². The van der Waals surface area contributed by atoms with Crippen LogP contribution >= 0.6 is 0 Å². The first-order valence-electron chi connectivity index (χ1n) is 10.3. The molecule has 7 nitrogen and oxygen atoms in total. The quantitative estimate of drug-likeness (QED) is 0.345. The maximum absolute atomic E-state index is 13.6. The van der Waals surface area contributed by atoms with Crippen LogP contribution in [0.2, 0.25) is 0 Å². The molecule has 0 saturated heterocycles. The number of carbonyl (C=O) groups is 3. The minimum Gasteiger partial charge on any atom is -0.462 e. The number of hydrogen-bond donors (Lipinski definition) is 1. The van der Waals surface area contributed by atoms with Gasteiger partial charge < -0.3 is 14.5 Å². The minimum absolute atomic E-state index is 0.135. The fourth-order valence-electron chi connectivity index (χ4n) is 3.44. The lowest BCUT2D eigenvalue weighted by atomic mass is 10.1. The number of carbonyl (C=O) groups excluding carboxylic acids is 3. The van der Waals surface area contributed by atoms with Gasteiger partial charge in [0.2, 0.25) is 5.78 Å². The monoisotopic (exact) mass is 445 g/mol. The highest BCUT2D eigenvalue weighted by atomic mass is 19.1. The highest BCUT2D eigenvalue weighted by Crippen LogP contribution is 2.23. The first-order valence-corrected chi connectivity index (χ1v) is 10.3. The third-order valence-electron chi connectivity index (χ3n) is 5.00. The van der Waals surface area contributed by atoms with Gasteiger partial charge in [-0.05, 0) is 49.4 Å². The number of pyridine rings is 2. The zero-order chi connectivity index (χ0) is 23.4. The maximum Gasteiger partial charge on any atom is 0.340 e. The molecule has 0 atom stereocenters. The molecule has 1 amide bonds. The average Bonchev–Trinajstić information content (AvgIpc) is 3.22. The molecule has 1 N–H and O–H groups in total. The van der Waals surface area contributed by atoms with Gasteiger partial charge >= 0.3 is 5.97 Å². The molecule has 4 rings (SSSR count). The van der Waals surface area contributed by atoms with Crippen LogP contribution in [0.4, 0.5) is 4.39 Å². The number of hydrogen-bond acceptors (Lipinski definition) is 5. The zero-order valence-electron chi connectivity index (χ0n) is 17.7. The normalized spacial score (nSPS) is 10.7. The lowest BCUT2D eigenvalue weighted by Crippen LogP contribution is -2.23. The van der Waals surface area contributed by atoms with Crippen molar-refractivity contribution < 1.29 is 23.5 Å². The average molecular weight is 445 g/mol. The molecule has 0 aliphatic carbocycles. The smallest absolute Gasteiger partial charge is 0.340 e. The summed E-state index contributed by atoms with van der Waals surface area (Å²) in [5.74, 6) is -2.00. The summed E-state index contributed by atoms with van der Waals surface area (Å²) < 4.78 is 20.3. The van der Waals surface area contributed by atoms with Gasteiger partial charge in [-0.1, -0.05) is 18.2 Å². The van der Waals surface area contributed by atoms with Crippen molar-refractivity contribution in [2.24, 2.45) is 0 Å². The number of aromatic nitrogens is 2. The number of benzene rings is 1. The van der Waals surface area contributed by atoms with Crippen LogP contribution in [0.3, 0.4) is 0 Å². The van der Waals surface area contributed by atoms with E-state index in [4.69, 9.17) is 4.74 Å². The van der Waals surface area contributed by atoms with Crippen LogP contribution < -0.4 is 5.32 Å². The number of ether oxygens (including phenoxy) is 1. The predicted molar refractivity (Wildman–Crippen MR) is 119 cm³/mol. The Bertz CT molecular complexity index is 1350. The number of ketones is 1. The summed E-state index contributed by atoms with van der Waals surface area (Å²) in [5, 5.41) is 2.78. The Balaban J connectivity index is 1.71. The predicted octanol–water partition coefficient (Wildman–Crippen LogP) is 3.81. The van der Waals surface area contributed by atoms with Crippen molar-refractivity contribution in [1.29, 1.82) is 0 Å². The molecule has 33 heavy (non-hydrogen) atoms. The number of rotatable bonds is 7. The topological polar surface area (TPSA) is 89.8 Å². The number of fused-ring (bicyclic) bond motifs is 1. The van der Waals surface area contributed by atoms with E-state index in [2.05, 4.69) is 10.3 Å². The van der Waals surface area contributed by atoms with E-state index in [0.29, 0.717) is 16.8 Å². The van der Waals surface area contributed by atoms with E-state index >= 15 is 0 Å². The highest BCUT2D eigenvalue weighted by molar-refractivity contribution is 6.11. The van der Waals surface area contributed by atoms with Crippen LogP contribution in [-0.2, 0) is 11.3 Å². The lowest BCUT2D eigenvalue weighted by molar-refractivity contribution is 0.0528. The van der Waals surface area contributed by atoms with Gasteiger partial charge in [0, 0.05) is 23.5 Å². The second kappa shape index (κ2) is 9.44. The molecule has 3 heterocycles. The van der Waals surface area contributed by atoms with Crippen molar-refractivity contribution in [3.8, 4) is 0 Å². The van der Waals surface area contributed by atoms with Crippen LogP contribution in [0, 0.1) is 5.82 Å². The Morgan fingerprint density at radius 2 is 1.88 bits per heavy atom. The molecule has 8 heteroatoms. The molecule has 0 spiro atoms. The highest BCUT2D eigenvalue weighted by Gasteiger charge is 2.22.